The number of morpholine rings is 1. The van der Waals surface area contributed by atoms with Crippen LogP contribution in [0.4, 0.5) is 32.8 Å². The van der Waals surface area contributed by atoms with Crippen molar-refractivity contribution in [3.8, 4) is 17.2 Å². The zero-order chi connectivity index (χ0) is 34.2. The number of benzene rings is 2. The van der Waals surface area contributed by atoms with Crippen LogP contribution in [0.2, 0.25) is 0 Å². The molecule has 3 aromatic rings. The molecule has 1 aromatic heterocycles. The van der Waals surface area contributed by atoms with Crippen LogP contribution in [0.25, 0.3) is 10.2 Å². The minimum absolute atomic E-state index is 0.108. The van der Waals surface area contributed by atoms with E-state index in [4.69, 9.17) is 19.2 Å². The highest BCUT2D eigenvalue weighted by Crippen LogP contribution is 2.56. The summed E-state index contributed by atoms with van der Waals surface area (Å²) in [6, 6.07) is 5.67. The molecule has 9 rings (SSSR count). The second kappa shape index (κ2) is 11.6. The summed E-state index contributed by atoms with van der Waals surface area (Å²) in [5.74, 6) is -2.95. The Hall–Kier alpha value is -3.96. The van der Waals surface area contributed by atoms with Gasteiger partial charge in [-0.3, -0.25) is 9.59 Å². The van der Waals surface area contributed by atoms with Crippen molar-refractivity contribution in [3.63, 3.8) is 0 Å². The molecule has 258 valence electrons. The molecule has 48 heavy (non-hydrogen) atoms. The monoisotopic (exact) mass is 698 g/mol. The number of hydrogen-bond donors (Lipinski definition) is 2. The van der Waals surface area contributed by atoms with Crippen LogP contribution in [-0.2, 0) is 9.47 Å². The standard InChI is InChI=1S/C29H25F5N4O7S.C2H6/c1-41-18-3-2-16-22(46-26(37-16)38-13-4-14(38)10-42-9-13)21(18)25(40)36-17-6-20-19(43-29(33,34)44-20)5-15(17)24(39)35-11-27-7-12(8-27)23(45-27)28(30,31)32;1-2/h2-3,5-6,12-14,23H,4,7-11H2,1H3,(H,35,39)(H,36,40);1-2H3. The number of carbonyl (C=O) groups is 2. The smallest absolute Gasteiger partial charge is 0.496 e. The molecule has 2 amide bonds. The number of amides is 2. The molecule has 1 saturated carbocycles. The van der Waals surface area contributed by atoms with Crippen molar-refractivity contribution < 1.29 is 55.2 Å². The number of hydrogen-bond acceptors (Lipinski definition) is 10. The number of methoxy groups -OCH3 is 1. The third-order valence-electron chi connectivity index (χ3n) is 9.13. The Labute approximate surface area is 274 Å². The van der Waals surface area contributed by atoms with Gasteiger partial charge in [0.25, 0.3) is 11.8 Å². The number of rotatable bonds is 7. The van der Waals surface area contributed by atoms with Gasteiger partial charge in [0, 0.05) is 12.6 Å². The molecule has 0 spiro atoms. The topological polar surface area (TPSA) is 120 Å². The molecule has 2 N–H and O–H groups in total. The molecular formula is C31H31F5N4O7S. The molecule has 6 heterocycles. The molecule has 6 aliphatic rings. The number of nitrogens with zero attached hydrogens (tertiary/aromatic N) is 2. The molecule has 11 nitrogen and oxygen atoms in total. The fourth-order valence-corrected chi connectivity index (χ4v) is 8.25. The van der Waals surface area contributed by atoms with Crippen molar-refractivity contribution in [2.45, 2.75) is 69.4 Å². The number of anilines is 2. The summed E-state index contributed by atoms with van der Waals surface area (Å²) in [5.41, 5.74) is -1.04. The number of aromatic nitrogens is 1. The van der Waals surface area contributed by atoms with Gasteiger partial charge in [-0.1, -0.05) is 25.2 Å². The van der Waals surface area contributed by atoms with Crippen molar-refractivity contribution in [1.82, 2.24) is 10.3 Å². The van der Waals surface area contributed by atoms with Gasteiger partial charge in [-0.25, -0.2) is 4.98 Å². The highest BCUT2D eigenvalue weighted by molar-refractivity contribution is 7.22. The predicted octanol–water partition coefficient (Wildman–Crippen LogP) is 5.72. The molecule has 1 aliphatic carbocycles. The Bertz CT molecular complexity index is 1770. The molecule has 3 atom stereocenters. The van der Waals surface area contributed by atoms with Crippen LogP contribution in [0, 0.1) is 5.92 Å². The van der Waals surface area contributed by atoms with Crippen LogP contribution in [0.5, 0.6) is 17.2 Å². The number of fused-ring (bicyclic) bond motifs is 5. The van der Waals surface area contributed by atoms with E-state index in [1.165, 1.54) is 18.4 Å². The maximum Gasteiger partial charge on any atom is 0.586 e. The van der Waals surface area contributed by atoms with E-state index in [0.29, 0.717) is 28.6 Å². The first-order valence-corrected chi connectivity index (χ1v) is 16.3. The number of ether oxygens (including phenoxy) is 5. The second-order valence-electron chi connectivity index (χ2n) is 12.1. The average Bonchev–Trinajstić information content (AvgIpc) is 3.79. The second-order valence-corrected chi connectivity index (χ2v) is 13.0. The lowest BCUT2D eigenvalue weighted by Crippen LogP contribution is -2.64. The van der Waals surface area contributed by atoms with E-state index < -0.39 is 53.4 Å². The average molecular weight is 699 g/mol. The van der Waals surface area contributed by atoms with Gasteiger partial charge in [0.1, 0.15) is 11.3 Å². The first kappa shape index (κ1) is 32.6. The van der Waals surface area contributed by atoms with Crippen LogP contribution < -0.4 is 29.7 Å². The molecule has 0 radical (unpaired) electrons. The van der Waals surface area contributed by atoms with Crippen molar-refractivity contribution >= 4 is 44.2 Å². The zero-order valence-corrected chi connectivity index (χ0v) is 26.7. The van der Waals surface area contributed by atoms with Crippen molar-refractivity contribution in [1.29, 1.82) is 0 Å². The van der Waals surface area contributed by atoms with Crippen LogP contribution in [0.3, 0.4) is 0 Å². The molecule has 2 aromatic carbocycles. The van der Waals surface area contributed by atoms with Crippen molar-refractivity contribution in [2.24, 2.45) is 5.92 Å². The van der Waals surface area contributed by atoms with Gasteiger partial charge in [-0.15, -0.1) is 8.78 Å². The summed E-state index contributed by atoms with van der Waals surface area (Å²) in [5, 5.41) is 5.87. The lowest BCUT2D eigenvalue weighted by atomic mass is 9.72. The highest BCUT2D eigenvalue weighted by atomic mass is 32.1. The van der Waals surface area contributed by atoms with Crippen LogP contribution in [-0.4, -0.2) is 79.9 Å². The van der Waals surface area contributed by atoms with E-state index in [0.717, 1.165) is 18.6 Å². The quantitative estimate of drug-likeness (QED) is 0.299. The Morgan fingerprint density at radius 3 is 2.40 bits per heavy atom. The number of thiazole rings is 1. The summed E-state index contributed by atoms with van der Waals surface area (Å²) in [6.45, 7) is 4.90. The first-order valence-electron chi connectivity index (χ1n) is 15.4. The van der Waals surface area contributed by atoms with E-state index in [2.05, 4.69) is 25.0 Å². The van der Waals surface area contributed by atoms with Gasteiger partial charge >= 0.3 is 12.5 Å². The Balaban J connectivity index is 0.00000179. The van der Waals surface area contributed by atoms with E-state index in [9.17, 15) is 31.5 Å². The van der Waals surface area contributed by atoms with E-state index in [1.54, 1.807) is 12.1 Å². The van der Waals surface area contributed by atoms with Crippen LogP contribution in [0.1, 0.15) is 53.8 Å². The number of alkyl halides is 5. The van der Waals surface area contributed by atoms with Crippen LogP contribution in [0.15, 0.2) is 24.3 Å². The number of carbonyl (C=O) groups excluding carboxylic acids is 2. The Kier molecular flexibility index (Phi) is 7.86. The maximum absolute atomic E-state index is 14.0. The SMILES string of the molecule is CC.COc1ccc2nc(N3C4COCC3C4)sc2c1C(=O)Nc1cc2c(cc1C(=O)NCC13CC(C1)C(C(F)(F)F)O3)OC(F)(F)O2. The summed E-state index contributed by atoms with van der Waals surface area (Å²) < 4.78 is 93.7. The minimum Gasteiger partial charge on any atom is -0.496 e. The molecule has 17 heteroatoms. The van der Waals surface area contributed by atoms with Gasteiger partial charge < -0.3 is 39.2 Å². The number of halogens is 5. The summed E-state index contributed by atoms with van der Waals surface area (Å²) >= 11 is 1.29. The van der Waals surface area contributed by atoms with Crippen molar-refractivity contribution in [2.75, 3.05) is 37.1 Å². The molecule has 4 saturated heterocycles. The van der Waals surface area contributed by atoms with Gasteiger partial charge in [-0.05, 0) is 43.4 Å². The molecule has 5 aliphatic heterocycles. The lowest BCUT2D eigenvalue weighted by Gasteiger charge is -2.52. The first-order chi connectivity index (χ1) is 22.8. The molecule has 5 fully saturated rings. The summed E-state index contributed by atoms with van der Waals surface area (Å²) in [6.07, 6.45) is -9.25. The minimum atomic E-state index is -4.53. The normalized spacial score (nSPS) is 27.4. The molecular weight excluding hydrogens is 667 g/mol. The van der Waals surface area contributed by atoms with E-state index >= 15 is 0 Å². The van der Waals surface area contributed by atoms with E-state index in [1.807, 2.05) is 13.8 Å². The maximum atomic E-state index is 14.0. The van der Waals surface area contributed by atoms with Crippen LogP contribution >= 0.6 is 11.3 Å². The highest BCUT2D eigenvalue weighted by Gasteiger charge is 2.65. The Morgan fingerprint density at radius 2 is 1.77 bits per heavy atom. The van der Waals surface area contributed by atoms with Gasteiger partial charge in [0.15, 0.2) is 22.7 Å². The largest absolute Gasteiger partial charge is 0.586 e. The van der Waals surface area contributed by atoms with Gasteiger partial charge in [0.05, 0.1) is 59.5 Å². The van der Waals surface area contributed by atoms with E-state index in [-0.39, 0.29) is 54.0 Å². The number of nitrogens with one attached hydrogen (secondary N) is 2. The van der Waals surface area contributed by atoms with Gasteiger partial charge in [0.2, 0.25) is 0 Å². The fraction of sp³-hybridized carbons (Fsp3) is 0.516. The lowest BCUT2D eigenvalue weighted by molar-refractivity contribution is -0.286. The molecule has 4 bridgehead atoms. The predicted molar refractivity (Wildman–Crippen MR) is 162 cm³/mol. The summed E-state index contributed by atoms with van der Waals surface area (Å²) in [7, 11) is 1.39. The van der Waals surface area contributed by atoms with Crippen molar-refractivity contribution in [3.05, 3.63) is 35.4 Å². The third kappa shape index (κ3) is 5.44. The zero-order valence-electron chi connectivity index (χ0n) is 25.9. The van der Waals surface area contributed by atoms with Gasteiger partial charge in [-0.2, -0.15) is 13.2 Å². The molecule has 3 unspecified atom stereocenters. The summed E-state index contributed by atoms with van der Waals surface area (Å²) in [4.78, 5) is 34.2. The third-order valence-corrected chi connectivity index (χ3v) is 10.2. The fourth-order valence-electron chi connectivity index (χ4n) is 7.01. The Morgan fingerprint density at radius 1 is 1.08 bits per heavy atom.